The number of benzene rings is 3. The van der Waals surface area contributed by atoms with E-state index in [-0.39, 0.29) is 72.3 Å². The van der Waals surface area contributed by atoms with Crippen LogP contribution in [-0.4, -0.2) is 96.4 Å². The van der Waals surface area contributed by atoms with Crippen molar-refractivity contribution in [2.75, 3.05) is 26.4 Å². The molecule has 13 nitrogen and oxygen atoms in total. The molecule has 0 amide bonds. The summed E-state index contributed by atoms with van der Waals surface area (Å²) in [5.74, 6) is 1.14. The van der Waals surface area contributed by atoms with E-state index in [1.165, 1.54) is 12.1 Å². The van der Waals surface area contributed by atoms with Crippen LogP contribution < -0.4 is 18.9 Å². The van der Waals surface area contributed by atoms with Crippen molar-refractivity contribution in [2.45, 2.75) is 52.1 Å². The summed E-state index contributed by atoms with van der Waals surface area (Å²) in [5.41, 5.74) is 0.853. The Labute approximate surface area is 266 Å². The van der Waals surface area contributed by atoms with Gasteiger partial charge in [-0.25, -0.2) is 15.0 Å². The predicted octanol–water partition coefficient (Wildman–Crippen LogP) is 3.32. The molecule has 1 heterocycles. The maximum Gasteiger partial charge on any atom is 0.167 e. The van der Waals surface area contributed by atoms with Crippen LogP contribution in [0.4, 0.5) is 0 Å². The van der Waals surface area contributed by atoms with Crippen molar-refractivity contribution in [1.82, 2.24) is 15.0 Å². The van der Waals surface area contributed by atoms with E-state index in [9.17, 15) is 30.6 Å². The predicted molar refractivity (Wildman–Crippen MR) is 168 cm³/mol. The topological polar surface area (TPSA) is 197 Å². The molecule has 0 aliphatic rings. The number of aliphatic hydroxyl groups excluding tert-OH is 4. The van der Waals surface area contributed by atoms with Crippen LogP contribution >= 0.6 is 0 Å². The highest BCUT2D eigenvalue weighted by molar-refractivity contribution is 5.74. The van der Waals surface area contributed by atoms with Gasteiger partial charge in [-0.1, -0.05) is 0 Å². The summed E-state index contributed by atoms with van der Waals surface area (Å²) in [6.45, 7) is 6.37. The Kier molecular flexibility index (Phi) is 11.6. The summed E-state index contributed by atoms with van der Waals surface area (Å²) in [6, 6.07) is 13.9. The molecule has 6 N–H and O–H groups in total. The van der Waals surface area contributed by atoms with Gasteiger partial charge in [0, 0.05) is 18.2 Å². The lowest BCUT2D eigenvalue weighted by atomic mass is 10.1. The zero-order valence-electron chi connectivity index (χ0n) is 26.0. The standard InChI is InChI=1S/C33H39N3O10/c1-18(37)14-43-22-5-8-25(28(41)11-22)31-34-32(26-9-6-23(12-29(26)42)44-15-19(2)38)36-33(35-31)27-10-7-24(45-16-20(3)39)13-30(27)46-17-21(4)40/h5-13,18-21,37-42H,14-17H2,1-4H3. The Balaban J connectivity index is 1.85. The van der Waals surface area contributed by atoms with Crippen molar-refractivity contribution in [2.24, 2.45) is 0 Å². The minimum atomic E-state index is -0.794. The number of nitrogens with zero attached hydrogens (tertiary/aromatic N) is 3. The van der Waals surface area contributed by atoms with Crippen molar-refractivity contribution >= 4 is 0 Å². The van der Waals surface area contributed by atoms with E-state index in [0.717, 1.165) is 0 Å². The van der Waals surface area contributed by atoms with E-state index in [0.29, 0.717) is 22.8 Å². The highest BCUT2D eigenvalue weighted by Crippen LogP contribution is 2.38. The monoisotopic (exact) mass is 637 g/mol. The number of aromatic hydroxyl groups is 2. The molecule has 0 saturated heterocycles. The summed E-state index contributed by atoms with van der Waals surface area (Å²) >= 11 is 0. The Morgan fingerprint density at radius 1 is 0.478 bits per heavy atom. The molecular weight excluding hydrogens is 598 g/mol. The number of hydrogen-bond donors (Lipinski definition) is 6. The van der Waals surface area contributed by atoms with Crippen molar-refractivity contribution < 1.29 is 49.6 Å². The molecule has 3 aromatic carbocycles. The molecule has 0 aliphatic heterocycles. The van der Waals surface area contributed by atoms with Crippen LogP contribution in [-0.2, 0) is 0 Å². The van der Waals surface area contributed by atoms with Crippen LogP contribution in [0, 0.1) is 0 Å². The first-order chi connectivity index (χ1) is 21.9. The minimum Gasteiger partial charge on any atom is -0.507 e. The first kappa shape index (κ1) is 34.2. The largest absolute Gasteiger partial charge is 0.507 e. The molecule has 246 valence electrons. The lowest BCUT2D eigenvalue weighted by molar-refractivity contribution is 0.119. The summed E-state index contributed by atoms with van der Waals surface area (Å²) in [4.78, 5) is 13.8. The van der Waals surface area contributed by atoms with Crippen molar-refractivity contribution in [3.63, 3.8) is 0 Å². The number of aliphatic hydroxyl groups is 4. The van der Waals surface area contributed by atoms with Gasteiger partial charge in [0.2, 0.25) is 0 Å². The third kappa shape index (κ3) is 9.41. The fourth-order valence-electron chi connectivity index (χ4n) is 4.08. The van der Waals surface area contributed by atoms with E-state index in [4.69, 9.17) is 18.9 Å². The zero-order valence-corrected chi connectivity index (χ0v) is 26.0. The van der Waals surface area contributed by atoms with Gasteiger partial charge in [0.25, 0.3) is 0 Å². The van der Waals surface area contributed by atoms with E-state index >= 15 is 0 Å². The highest BCUT2D eigenvalue weighted by Gasteiger charge is 2.20. The Bertz CT molecular complexity index is 1530. The number of hydrogen-bond acceptors (Lipinski definition) is 13. The number of aromatic nitrogens is 3. The highest BCUT2D eigenvalue weighted by atomic mass is 16.5. The number of phenols is 2. The van der Waals surface area contributed by atoms with E-state index in [1.807, 2.05) is 0 Å². The molecule has 13 heteroatoms. The van der Waals surface area contributed by atoms with Crippen molar-refractivity contribution in [3.05, 3.63) is 54.6 Å². The summed E-state index contributed by atoms with van der Waals surface area (Å²) in [5, 5.41) is 60.6. The molecule has 0 bridgehead atoms. The maximum absolute atomic E-state index is 10.9. The fraction of sp³-hybridized carbons (Fsp3) is 0.364. The van der Waals surface area contributed by atoms with Crippen LogP contribution in [0.2, 0.25) is 0 Å². The lowest BCUT2D eigenvalue weighted by Gasteiger charge is -2.16. The first-order valence-corrected chi connectivity index (χ1v) is 14.7. The normalized spacial score (nSPS) is 13.8. The molecule has 0 spiro atoms. The van der Waals surface area contributed by atoms with Gasteiger partial charge >= 0.3 is 0 Å². The quantitative estimate of drug-likeness (QED) is 0.111. The molecule has 46 heavy (non-hydrogen) atoms. The summed E-state index contributed by atoms with van der Waals surface area (Å²) in [7, 11) is 0. The molecule has 1 aromatic heterocycles. The molecule has 4 rings (SSSR count). The lowest BCUT2D eigenvalue weighted by Crippen LogP contribution is -2.14. The van der Waals surface area contributed by atoms with Gasteiger partial charge in [0.15, 0.2) is 17.5 Å². The SMILES string of the molecule is CC(O)COc1ccc(-c2nc(-c3ccc(OCC(C)O)cc3O)nc(-c3ccc(OCC(C)O)cc3OCC(C)O)n2)c(O)c1. The Hall–Kier alpha value is -4.69. The first-order valence-electron chi connectivity index (χ1n) is 14.7. The third-order valence-electron chi connectivity index (χ3n) is 6.20. The minimum absolute atomic E-state index is 0.0290. The van der Waals surface area contributed by atoms with E-state index in [2.05, 4.69) is 15.0 Å². The van der Waals surface area contributed by atoms with Crippen LogP contribution in [0.3, 0.4) is 0 Å². The molecule has 0 radical (unpaired) electrons. The number of ether oxygens (including phenoxy) is 4. The zero-order chi connectivity index (χ0) is 33.4. The average Bonchev–Trinajstić information content (AvgIpc) is 3.00. The average molecular weight is 638 g/mol. The van der Waals surface area contributed by atoms with Crippen LogP contribution in [0.1, 0.15) is 27.7 Å². The van der Waals surface area contributed by atoms with Crippen molar-refractivity contribution in [1.29, 1.82) is 0 Å². The van der Waals surface area contributed by atoms with Gasteiger partial charge in [-0.15, -0.1) is 0 Å². The van der Waals surface area contributed by atoms with Crippen LogP contribution in [0.15, 0.2) is 54.6 Å². The van der Waals surface area contributed by atoms with E-state index < -0.39 is 24.4 Å². The molecule has 0 fully saturated rings. The summed E-state index contributed by atoms with van der Waals surface area (Å²) in [6.07, 6.45) is -2.91. The summed E-state index contributed by atoms with van der Waals surface area (Å²) < 4.78 is 22.6. The van der Waals surface area contributed by atoms with Gasteiger partial charge in [-0.05, 0) is 64.1 Å². The second-order valence-electron chi connectivity index (χ2n) is 11.0. The van der Waals surface area contributed by atoms with Gasteiger partial charge in [-0.3, -0.25) is 0 Å². The molecule has 0 saturated carbocycles. The second kappa shape index (κ2) is 15.5. The number of phenolic OH excluding ortho intramolecular Hbond substituents is 2. The smallest absolute Gasteiger partial charge is 0.167 e. The van der Waals surface area contributed by atoms with Crippen molar-refractivity contribution in [3.8, 4) is 68.7 Å². The Morgan fingerprint density at radius 3 is 1.17 bits per heavy atom. The van der Waals surface area contributed by atoms with E-state index in [1.54, 1.807) is 70.2 Å². The Morgan fingerprint density at radius 2 is 0.804 bits per heavy atom. The maximum atomic E-state index is 10.9. The van der Waals surface area contributed by atoms with Gasteiger partial charge in [0.1, 0.15) is 60.9 Å². The molecular formula is C33H39N3O10. The molecule has 4 atom stereocenters. The molecule has 4 aromatic rings. The number of rotatable bonds is 15. The third-order valence-corrected chi connectivity index (χ3v) is 6.20. The van der Waals surface area contributed by atoms with Gasteiger partial charge in [-0.2, -0.15) is 0 Å². The van der Waals surface area contributed by atoms with Crippen LogP contribution in [0.5, 0.6) is 34.5 Å². The molecule has 4 unspecified atom stereocenters. The fourth-order valence-corrected chi connectivity index (χ4v) is 4.08. The van der Waals surface area contributed by atoms with Gasteiger partial charge in [0.05, 0.1) is 41.1 Å². The second-order valence-corrected chi connectivity index (χ2v) is 11.0. The molecule has 0 aliphatic carbocycles. The van der Waals surface area contributed by atoms with Crippen LogP contribution in [0.25, 0.3) is 34.2 Å². The van der Waals surface area contributed by atoms with Gasteiger partial charge < -0.3 is 49.6 Å².